The van der Waals surface area contributed by atoms with Crippen LogP contribution in [-0.2, 0) is 4.74 Å². The maximum atomic E-state index is 11.8. The van der Waals surface area contributed by atoms with Crippen LogP contribution < -0.4 is 0 Å². The van der Waals surface area contributed by atoms with Gasteiger partial charge in [-0.25, -0.2) is 0 Å². The molecule has 0 aliphatic carbocycles. The van der Waals surface area contributed by atoms with E-state index >= 15 is 0 Å². The Morgan fingerprint density at radius 2 is 2.06 bits per heavy atom. The van der Waals surface area contributed by atoms with E-state index in [1.807, 2.05) is 6.07 Å². The number of methoxy groups -OCH3 is 1. The number of carbonyl (C=O) groups is 1. The third kappa shape index (κ3) is 4.89. The highest BCUT2D eigenvalue weighted by Gasteiger charge is 2.11. The molecule has 0 radical (unpaired) electrons. The third-order valence-electron chi connectivity index (χ3n) is 2.22. The summed E-state index contributed by atoms with van der Waals surface area (Å²) in [4.78, 5) is 12.6. The van der Waals surface area contributed by atoms with Crippen molar-refractivity contribution in [2.75, 3.05) is 7.11 Å². The molecule has 0 amide bonds. The van der Waals surface area contributed by atoms with Gasteiger partial charge in [0.05, 0.1) is 15.8 Å². The molecule has 3 nitrogen and oxygen atoms in total. The van der Waals surface area contributed by atoms with Crippen LogP contribution in [0, 0.1) is 5.41 Å². The third-order valence-corrected chi connectivity index (χ3v) is 5.52. The number of nitrogens with one attached hydrogen (secondary N) is 1. The second-order valence-corrected chi connectivity index (χ2v) is 6.71. The average Bonchev–Trinajstić information content (AvgIpc) is 2.64. The molecule has 94 valence electrons. The quantitative estimate of drug-likeness (QED) is 0.337. The van der Waals surface area contributed by atoms with Crippen molar-refractivity contribution in [3.63, 3.8) is 0 Å². The van der Waals surface area contributed by atoms with Crippen molar-refractivity contribution in [1.82, 2.24) is 0 Å². The van der Waals surface area contributed by atoms with Crippen LogP contribution in [0.25, 0.3) is 0 Å². The number of Topliss-reactive ketones (excluding diaryl/α,β-unsaturated/α-hetero) is 1. The summed E-state index contributed by atoms with van der Waals surface area (Å²) in [6.07, 6.45) is 2.72. The Bertz CT molecular complexity index is 398. The minimum Gasteiger partial charge on any atom is -0.484 e. The molecule has 1 N–H and O–H groups in total. The van der Waals surface area contributed by atoms with Gasteiger partial charge in [0.2, 0.25) is 0 Å². The summed E-state index contributed by atoms with van der Waals surface area (Å²) in [6, 6.07) is 1.84. The first-order valence-electron chi connectivity index (χ1n) is 5.14. The normalized spacial score (nSPS) is 10.3. The van der Waals surface area contributed by atoms with Crippen LogP contribution in [0.15, 0.2) is 14.3 Å². The van der Waals surface area contributed by atoms with Gasteiger partial charge in [-0.1, -0.05) is 0 Å². The second kappa shape index (κ2) is 7.28. The van der Waals surface area contributed by atoms with E-state index in [4.69, 9.17) is 10.1 Å². The molecular formula is C11H13Br2NO2S. The summed E-state index contributed by atoms with van der Waals surface area (Å²) in [5.41, 5.74) is 0. The van der Waals surface area contributed by atoms with Crippen molar-refractivity contribution >= 4 is 54.9 Å². The molecule has 0 aliphatic rings. The smallest absolute Gasteiger partial charge is 0.180 e. The molecule has 1 aromatic heterocycles. The molecule has 0 saturated heterocycles. The van der Waals surface area contributed by atoms with Gasteiger partial charge >= 0.3 is 0 Å². The molecule has 0 spiro atoms. The fourth-order valence-electron chi connectivity index (χ4n) is 1.28. The SMILES string of the molecule is COC(=N)CCCCC(=O)c1cc(Br)c(Br)s1. The number of ketones is 1. The highest BCUT2D eigenvalue weighted by molar-refractivity contribution is 9.13. The monoisotopic (exact) mass is 381 g/mol. The minimum absolute atomic E-state index is 0.158. The molecule has 0 bridgehead atoms. The van der Waals surface area contributed by atoms with Crippen LogP contribution in [0.3, 0.4) is 0 Å². The molecule has 1 heterocycles. The molecule has 1 rings (SSSR count). The van der Waals surface area contributed by atoms with Crippen LogP contribution in [0.2, 0.25) is 0 Å². The Balaban J connectivity index is 2.33. The maximum Gasteiger partial charge on any atom is 0.180 e. The van der Waals surface area contributed by atoms with Gasteiger partial charge in [-0.05, 0) is 50.8 Å². The molecule has 0 unspecified atom stereocenters. The molecular weight excluding hydrogens is 370 g/mol. The fourth-order valence-corrected chi connectivity index (χ4v) is 3.28. The molecule has 6 heteroatoms. The van der Waals surface area contributed by atoms with E-state index in [9.17, 15) is 4.79 Å². The second-order valence-electron chi connectivity index (χ2n) is 3.49. The molecule has 0 atom stereocenters. The summed E-state index contributed by atoms with van der Waals surface area (Å²) in [5, 5.41) is 7.30. The van der Waals surface area contributed by atoms with Crippen molar-refractivity contribution < 1.29 is 9.53 Å². The van der Waals surface area contributed by atoms with Gasteiger partial charge in [-0.3, -0.25) is 10.2 Å². The zero-order chi connectivity index (χ0) is 12.8. The largest absolute Gasteiger partial charge is 0.484 e. The van der Waals surface area contributed by atoms with Gasteiger partial charge in [-0.2, -0.15) is 0 Å². The van der Waals surface area contributed by atoms with Gasteiger partial charge in [-0.15, -0.1) is 11.3 Å². The lowest BCUT2D eigenvalue weighted by atomic mass is 10.1. The zero-order valence-electron chi connectivity index (χ0n) is 9.39. The Morgan fingerprint density at radius 3 is 2.59 bits per heavy atom. The molecule has 0 fully saturated rings. The van der Waals surface area contributed by atoms with Crippen molar-refractivity contribution in [3.05, 3.63) is 19.2 Å². The number of unbranched alkanes of at least 4 members (excludes halogenated alkanes) is 1. The summed E-state index contributed by atoms with van der Waals surface area (Å²) in [7, 11) is 1.49. The highest BCUT2D eigenvalue weighted by atomic mass is 79.9. The van der Waals surface area contributed by atoms with Crippen molar-refractivity contribution in [3.8, 4) is 0 Å². The Morgan fingerprint density at radius 1 is 1.41 bits per heavy atom. The van der Waals surface area contributed by atoms with Crippen LogP contribution in [0.1, 0.15) is 35.4 Å². The first-order valence-corrected chi connectivity index (χ1v) is 7.54. The first-order chi connectivity index (χ1) is 8.04. The molecule has 1 aromatic rings. The molecule has 0 aliphatic heterocycles. The Hall–Kier alpha value is -0.200. The van der Waals surface area contributed by atoms with E-state index in [1.54, 1.807) is 0 Å². The van der Waals surface area contributed by atoms with E-state index < -0.39 is 0 Å². The zero-order valence-corrected chi connectivity index (χ0v) is 13.4. The van der Waals surface area contributed by atoms with Gasteiger partial charge in [0.15, 0.2) is 11.7 Å². The lowest BCUT2D eigenvalue weighted by Gasteiger charge is -2.01. The van der Waals surface area contributed by atoms with E-state index in [0.717, 1.165) is 26.0 Å². The predicted octanol–water partition coefficient (Wildman–Crippen LogP) is 4.64. The molecule has 0 aromatic carbocycles. The standard InChI is InChI=1S/C11H13Br2NO2S/c1-16-10(14)5-3-2-4-8(15)9-6-7(12)11(13)17-9/h6,14H,2-5H2,1H3. The topological polar surface area (TPSA) is 50.1 Å². The van der Waals surface area contributed by atoms with E-state index in [2.05, 4.69) is 31.9 Å². The Labute approximate surface area is 121 Å². The summed E-state index contributed by atoms with van der Waals surface area (Å²) in [6.45, 7) is 0. The minimum atomic E-state index is 0.158. The van der Waals surface area contributed by atoms with E-state index in [0.29, 0.717) is 12.8 Å². The maximum absolute atomic E-state index is 11.8. The van der Waals surface area contributed by atoms with Gasteiger partial charge in [0, 0.05) is 17.3 Å². The van der Waals surface area contributed by atoms with E-state index in [1.165, 1.54) is 18.4 Å². The number of rotatable bonds is 6. The average molecular weight is 383 g/mol. The highest BCUT2D eigenvalue weighted by Crippen LogP contribution is 2.33. The van der Waals surface area contributed by atoms with Gasteiger partial charge < -0.3 is 4.74 Å². The Kier molecular flexibility index (Phi) is 6.37. The van der Waals surface area contributed by atoms with Crippen molar-refractivity contribution in [2.24, 2.45) is 0 Å². The van der Waals surface area contributed by atoms with Gasteiger partial charge in [0.25, 0.3) is 0 Å². The number of carbonyl (C=O) groups excluding carboxylic acids is 1. The number of halogens is 2. The predicted molar refractivity (Wildman–Crippen MR) is 77.3 cm³/mol. The fraction of sp³-hybridized carbons (Fsp3) is 0.455. The number of hydrogen-bond acceptors (Lipinski definition) is 4. The number of hydrogen-bond donors (Lipinski definition) is 1. The number of ether oxygens (including phenoxy) is 1. The molecule has 17 heavy (non-hydrogen) atoms. The van der Waals surface area contributed by atoms with Crippen molar-refractivity contribution in [1.29, 1.82) is 5.41 Å². The van der Waals surface area contributed by atoms with Crippen LogP contribution in [-0.4, -0.2) is 18.8 Å². The van der Waals surface area contributed by atoms with Crippen LogP contribution >= 0.6 is 43.2 Å². The van der Waals surface area contributed by atoms with Gasteiger partial charge in [0.1, 0.15) is 0 Å². The lowest BCUT2D eigenvalue weighted by Crippen LogP contribution is -2.00. The van der Waals surface area contributed by atoms with Crippen LogP contribution in [0.5, 0.6) is 0 Å². The summed E-state index contributed by atoms with van der Waals surface area (Å²) < 4.78 is 6.62. The summed E-state index contributed by atoms with van der Waals surface area (Å²) >= 11 is 8.18. The lowest BCUT2D eigenvalue weighted by molar-refractivity contribution is 0.0983. The van der Waals surface area contributed by atoms with E-state index in [-0.39, 0.29) is 11.7 Å². The first kappa shape index (κ1) is 14.9. The number of thiophene rings is 1. The molecule has 0 saturated carbocycles. The van der Waals surface area contributed by atoms with Crippen LogP contribution in [0.4, 0.5) is 0 Å². The summed E-state index contributed by atoms with van der Waals surface area (Å²) in [5.74, 6) is 0.435. The van der Waals surface area contributed by atoms with Crippen molar-refractivity contribution in [2.45, 2.75) is 25.7 Å².